The Bertz CT molecular complexity index is 487. The lowest BCUT2D eigenvalue weighted by Gasteiger charge is -2.13. The lowest BCUT2D eigenvalue weighted by molar-refractivity contribution is -0.142. The number of nitrogens with zero attached hydrogens (tertiary/aromatic N) is 5. The summed E-state index contributed by atoms with van der Waals surface area (Å²) >= 11 is 0. The molecule has 0 saturated carbocycles. The van der Waals surface area contributed by atoms with E-state index in [0.29, 0.717) is 24.7 Å². The normalized spacial score (nSPS) is 11.3. The van der Waals surface area contributed by atoms with Crippen LogP contribution in [-0.2, 0) is 16.5 Å². The highest BCUT2D eigenvalue weighted by atomic mass is 16.7. The van der Waals surface area contributed by atoms with Crippen LogP contribution in [0.4, 0.5) is 0 Å². The van der Waals surface area contributed by atoms with Crippen molar-refractivity contribution >= 4 is 0 Å². The van der Waals surface area contributed by atoms with Crippen LogP contribution in [0.25, 0.3) is 5.82 Å². The van der Waals surface area contributed by atoms with Crippen LogP contribution >= 0.6 is 0 Å². The predicted octanol–water partition coefficient (Wildman–Crippen LogP) is 1.07. The van der Waals surface area contributed by atoms with Crippen LogP contribution in [0.1, 0.15) is 25.8 Å². The number of aromatic nitrogens is 5. The van der Waals surface area contributed by atoms with E-state index in [4.69, 9.17) is 9.47 Å². The van der Waals surface area contributed by atoms with E-state index in [2.05, 4.69) is 15.4 Å². The van der Waals surface area contributed by atoms with Gasteiger partial charge in [0.25, 0.3) is 0 Å². The van der Waals surface area contributed by atoms with Crippen molar-refractivity contribution in [3.63, 3.8) is 0 Å². The molecule has 2 aromatic rings. The average Bonchev–Trinajstić information content (AvgIpc) is 2.97. The SMILES string of the molecule is CCOC(OCC)c1cn(-c2ccn(C)n2)nn1. The summed E-state index contributed by atoms with van der Waals surface area (Å²) in [5.74, 6) is 0.711. The van der Waals surface area contributed by atoms with Gasteiger partial charge in [-0.2, -0.15) is 5.10 Å². The third kappa shape index (κ3) is 2.74. The second-order valence-corrected chi connectivity index (χ2v) is 3.68. The van der Waals surface area contributed by atoms with Gasteiger partial charge in [0.15, 0.2) is 5.82 Å². The molecule has 0 N–H and O–H groups in total. The summed E-state index contributed by atoms with van der Waals surface area (Å²) in [6.45, 7) is 4.94. The summed E-state index contributed by atoms with van der Waals surface area (Å²) in [6, 6.07) is 1.86. The maximum atomic E-state index is 5.46. The second-order valence-electron chi connectivity index (χ2n) is 3.68. The average molecular weight is 251 g/mol. The van der Waals surface area contributed by atoms with E-state index in [0.717, 1.165) is 0 Å². The maximum absolute atomic E-state index is 5.46. The molecule has 0 aliphatic rings. The number of aryl methyl sites for hydroxylation is 1. The molecule has 98 valence electrons. The van der Waals surface area contributed by atoms with Crippen molar-refractivity contribution in [3.8, 4) is 5.82 Å². The van der Waals surface area contributed by atoms with Crippen LogP contribution in [-0.4, -0.2) is 38.0 Å². The third-order valence-corrected chi connectivity index (χ3v) is 2.32. The zero-order chi connectivity index (χ0) is 13.0. The highest BCUT2D eigenvalue weighted by Gasteiger charge is 2.16. The van der Waals surface area contributed by atoms with E-state index in [-0.39, 0.29) is 0 Å². The molecule has 0 atom stereocenters. The first kappa shape index (κ1) is 12.7. The molecular weight excluding hydrogens is 234 g/mol. The van der Waals surface area contributed by atoms with Gasteiger partial charge in [-0.05, 0) is 13.8 Å². The zero-order valence-electron chi connectivity index (χ0n) is 10.8. The molecule has 0 radical (unpaired) electrons. The van der Waals surface area contributed by atoms with Crippen LogP contribution in [0.15, 0.2) is 18.5 Å². The second kappa shape index (κ2) is 5.74. The van der Waals surface area contributed by atoms with Gasteiger partial charge in [0.05, 0.1) is 6.20 Å². The van der Waals surface area contributed by atoms with E-state index in [9.17, 15) is 0 Å². The summed E-state index contributed by atoms with van der Waals surface area (Å²) in [4.78, 5) is 0. The van der Waals surface area contributed by atoms with Crippen molar-refractivity contribution in [2.45, 2.75) is 20.1 Å². The van der Waals surface area contributed by atoms with Gasteiger partial charge < -0.3 is 9.47 Å². The first-order valence-corrected chi connectivity index (χ1v) is 5.90. The van der Waals surface area contributed by atoms with E-state index >= 15 is 0 Å². The molecule has 2 aromatic heterocycles. The van der Waals surface area contributed by atoms with Crippen LogP contribution in [0.3, 0.4) is 0 Å². The van der Waals surface area contributed by atoms with Gasteiger partial charge in [-0.15, -0.1) is 5.10 Å². The smallest absolute Gasteiger partial charge is 0.204 e. The molecule has 0 amide bonds. The fourth-order valence-electron chi connectivity index (χ4n) is 1.54. The van der Waals surface area contributed by atoms with E-state index in [1.54, 1.807) is 15.6 Å². The van der Waals surface area contributed by atoms with Gasteiger partial charge in [-0.3, -0.25) is 4.68 Å². The summed E-state index contributed by atoms with van der Waals surface area (Å²) in [5, 5.41) is 12.3. The van der Waals surface area contributed by atoms with E-state index in [1.165, 1.54) is 0 Å². The lowest BCUT2D eigenvalue weighted by Crippen LogP contribution is -2.09. The Morgan fingerprint density at radius 1 is 1.28 bits per heavy atom. The number of rotatable bonds is 6. The van der Waals surface area contributed by atoms with Crippen LogP contribution in [0, 0.1) is 0 Å². The fraction of sp³-hybridized carbons (Fsp3) is 0.545. The monoisotopic (exact) mass is 251 g/mol. The quantitative estimate of drug-likeness (QED) is 0.718. The first-order chi connectivity index (χ1) is 8.74. The lowest BCUT2D eigenvalue weighted by atomic mass is 10.4. The molecule has 0 aliphatic heterocycles. The van der Waals surface area contributed by atoms with Crippen molar-refractivity contribution in [1.82, 2.24) is 24.8 Å². The molecule has 0 aromatic carbocycles. The Kier molecular flexibility index (Phi) is 4.06. The summed E-state index contributed by atoms with van der Waals surface area (Å²) in [5.41, 5.74) is 0.643. The van der Waals surface area contributed by atoms with Crippen LogP contribution in [0.2, 0.25) is 0 Å². The third-order valence-electron chi connectivity index (χ3n) is 2.32. The van der Waals surface area contributed by atoms with Gasteiger partial charge in [-0.1, -0.05) is 5.21 Å². The minimum absolute atomic E-state index is 0.475. The Labute approximate surface area is 105 Å². The van der Waals surface area contributed by atoms with Gasteiger partial charge in [-0.25, -0.2) is 4.68 Å². The van der Waals surface area contributed by atoms with Crippen molar-refractivity contribution in [3.05, 3.63) is 24.2 Å². The van der Waals surface area contributed by atoms with Gasteiger partial charge in [0, 0.05) is 32.5 Å². The Hall–Kier alpha value is -1.73. The van der Waals surface area contributed by atoms with Crippen molar-refractivity contribution in [2.24, 2.45) is 7.05 Å². The molecule has 0 aliphatic carbocycles. The highest BCUT2D eigenvalue weighted by Crippen LogP contribution is 2.16. The fourth-order valence-corrected chi connectivity index (χ4v) is 1.54. The number of ether oxygens (including phenoxy) is 2. The molecule has 2 heterocycles. The molecule has 0 spiro atoms. The zero-order valence-corrected chi connectivity index (χ0v) is 10.8. The topological polar surface area (TPSA) is 67.0 Å². The van der Waals surface area contributed by atoms with Crippen molar-refractivity contribution in [1.29, 1.82) is 0 Å². The summed E-state index contributed by atoms with van der Waals surface area (Å²) in [6.07, 6.45) is 3.13. The van der Waals surface area contributed by atoms with E-state index < -0.39 is 6.29 Å². The van der Waals surface area contributed by atoms with Crippen LogP contribution in [0.5, 0.6) is 0 Å². The molecule has 0 bridgehead atoms. The molecule has 7 heteroatoms. The molecule has 0 fully saturated rings. The summed E-state index contributed by atoms with van der Waals surface area (Å²) in [7, 11) is 1.85. The van der Waals surface area contributed by atoms with Gasteiger partial charge >= 0.3 is 0 Å². The first-order valence-electron chi connectivity index (χ1n) is 5.90. The standard InChI is InChI=1S/C11H17N5O2/c1-4-17-11(18-5-2)9-8-16(14-12-9)10-6-7-15(3)13-10/h6-8,11H,4-5H2,1-3H3. The van der Waals surface area contributed by atoms with Gasteiger partial charge in [0.1, 0.15) is 5.69 Å². The molecule has 0 saturated heterocycles. The Morgan fingerprint density at radius 3 is 2.56 bits per heavy atom. The van der Waals surface area contributed by atoms with Crippen molar-refractivity contribution in [2.75, 3.05) is 13.2 Å². The molecular formula is C11H17N5O2. The minimum atomic E-state index is -0.475. The number of hydrogen-bond donors (Lipinski definition) is 0. The number of hydrogen-bond acceptors (Lipinski definition) is 5. The molecule has 0 unspecified atom stereocenters. The Morgan fingerprint density at radius 2 is 2.00 bits per heavy atom. The largest absolute Gasteiger partial charge is 0.347 e. The predicted molar refractivity (Wildman–Crippen MR) is 64.1 cm³/mol. The molecule has 2 rings (SSSR count). The van der Waals surface area contributed by atoms with E-state index in [1.807, 2.05) is 33.2 Å². The maximum Gasteiger partial charge on any atom is 0.204 e. The van der Waals surface area contributed by atoms with Gasteiger partial charge in [0.2, 0.25) is 6.29 Å². The Balaban J connectivity index is 2.18. The summed E-state index contributed by atoms with van der Waals surface area (Å²) < 4.78 is 14.2. The highest BCUT2D eigenvalue weighted by molar-refractivity contribution is 5.18. The van der Waals surface area contributed by atoms with Crippen LogP contribution < -0.4 is 0 Å². The van der Waals surface area contributed by atoms with Crippen molar-refractivity contribution < 1.29 is 9.47 Å². The molecule has 18 heavy (non-hydrogen) atoms. The molecule has 7 nitrogen and oxygen atoms in total. The minimum Gasteiger partial charge on any atom is -0.347 e.